The number of alkyl halides is 3. The molecule has 0 atom stereocenters. The Morgan fingerprint density at radius 1 is 1.21 bits per heavy atom. The van der Waals surface area contributed by atoms with E-state index in [1.807, 2.05) is 0 Å². The standard InChI is InChI=1S/C17H16F3N3O5S/c18-17(19,20)10-8-11-13(12(9-10)23(25)26)29-15(21-14(11)24)22-4-2-16(3-5-22)27-6-1-7-28-16/h8-9H,1-7H2. The first kappa shape index (κ1) is 20.0. The summed E-state index contributed by atoms with van der Waals surface area (Å²) < 4.78 is 50.6. The molecule has 2 aliphatic heterocycles. The summed E-state index contributed by atoms with van der Waals surface area (Å²) in [4.78, 5) is 28.6. The quantitative estimate of drug-likeness (QED) is 0.532. The van der Waals surface area contributed by atoms with Crippen LogP contribution >= 0.6 is 11.3 Å². The van der Waals surface area contributed by atoms with Crippen LogP contribution < -0.4 is 10.5 Å². The number of benzene rings is 1. The molecule has 2 aromatic rings. The molecule has 2 fully saturated rings. The molecule has 1 aromatic carbocycles. The number of nitrogens with zero attached hydrogens (tertiary/aromatic N) is 3. The molecule has 1 aromatic heterocycles. The molecular weight excluding hydrogens is 415 g/mol. The third-order valence-corrected chi connectivity index (χ3v) is 6.19. The lowest BCUT2D eigenvalue weighted by Crippen LogP contribution is -2.50. The highest BCUT2D eigenvalue weighted by Gasteiger charge is 2.39. The Balaban J connectivity index is 1.71. The molecule has 0 unspecified atom stereocenters. The minimum atomic E-state index is -4.81. The molecule has 29 heavy (non-hydrogen) atoms. The van der Waals surface area contributed by atoms with Gasteiger partial charge in [-0.25, -0.2) is 0 Å². The first-order valence-corrected chi connectivity index (χ1v) is 9.74. The van der Waals surface area contributed by atoms with Gasteiger partial charge in [-0.2, -0.15) is 18.2 Å². The van der Waals surface area contributed by atoms with Gasteiger partial charge in [-0.05, 0) is 12.5 Å². The number of piperidine rings is 1. The Bertz CT molecular complexity index is 1010. The van der Waals surface area contributed by atoms with Crippen molar-refractivity contribution in [1.82, 2.24) is 4.98 Å². The van der Waals surface area contributed by atoms with E-state index in [0.29, 0.717) is 51.3 Å². The molecule has 3 heterocycles. The Morgan fingerprint density at radius 3 is 2.45 bits per heavy atom. The van der Waals surface area contributed by atoms with Crippen LogP contribution in [0.4, 0.5) is 24.0 Å². The summed E-state index contributed by atoms with van der Waals surface area (Å²) in [6.07, 6.45) is -2.93. The van der Waals surface area contributed by atoms with Crippen molar-refractivity contribution in [3.05, 3.63) is 38.2 Å². The summed E-state index contributed by atoms with van der Waals surface area (Å²) in [6.45, 7) is 2.11. The van der Waals surface area contributed by atoms with Crippen molar-refractivity contribution >= 4 is 32.2 Å². The lowest BCUT2D eigenvalue weighted by atomic mass is 10.0. The van der Waals surface area contributed by atoms with Crippen molar-refractivity contribution in [2.45, 2.75) is 31.2 Å². The topological polar surface area (TPSA) is 94.8 Å². The predicted octanol–water partition coefficient (Wildman–Crippen LogP) is 3.32. The number of nitro groups is 1. The van der Waals surface area contributed by atoms with Crippen molar-refractivity contribution in [2.75, 3.05) is 31.2 Å². The second-order valence-corrected chi connectivity index (χ2v) is 7.85. The van der Waals surface area contributed by atoms with E-state index in [4.69, 9.17) is 9.47 Å². The zero-order valence-electron chi connectivity index (χ0n) is 15.0. The normalized spacial score (nSPS) is 19.6. The molecular formula is C17H16F3N3O5S. The number of anilines is 1. The number of ether oxygens (including phenoxy) is 2. The third-order valence-electron chi connectivity index (χ3n) is 5.03. The second kappa shape index (κ2) is 7.18. The van der Waals surface area contributed by atoms with E-state index in [-0.39, 0.29) is 9.83 Å². The smallest absolute Gasteiger partial charge is 0.350 e. The van der Waals surface area contributed by atoms with Gasteiger partial charge in [0.1, 0.15) is 4.70 Å². The predicted molar refractivity (Wildman–Crippen MR) is 98.2 cm³/mol. The average Bonchev–Trinajstić information content (AvgIpc) is 2.67. The number of non-ortho nitro benzene ring substituents is 1. The van der Waals surface area contributed by atoms with E-state index in [1.165, 1.54) is 0 Å². The molecule has 0 N–H and O–H groups in total. The molecule has 0 saturated carbocycles. The highest BCUT2D eigenvalue weighted by atomic mass is 32.1. The summed E-state index contributed by atoms with van der Waals surface area (Å²) in [5, 5.41) is 11.2. The SMILES string of the molecule is O=c1nc(N2CCC3(CC2)OCCCO3)sc2c([N+](=O)[O-])cc(C(F)(F)F)cc12. The van der Waals surface area contributed by atoms with Crippen molar-refractivity contribution in [2.24, 2.45) is 0 Å². The Morgan fingerprint density at radius 2 is 1.86 bits per heavy atom. The Hall–Kier alpha value is -2.31. The van der Waals surface area contributed by atoms with Gasteiger partial charge in [0.2, 0.25) is 0 Å². The lowest BCUT2D eigenvalue weighted by Gasteiger charge is -2.43. The number of fused-ring (bicyclic) bond motifs is 1. The molecule has 0 radical (unpaired) electrons. The maximum atomic E-state index is 13.1. The molecule has 8 nitrogen and oxygen atoms in total. The first-order chi connectivity index (χ1) is 13.7. The molecule has 1 spiro atoms. The zero-order valence-corrected chi connectivity index (χ0v) is 15.8. The Kier molecular flexibility index (Phi) is 4.95. The Labute approximate surface area is 166 Å². The van der Waals surface area contributed by atoms with Gasteiger partial charge < -0.3 is 14.4 Å². The number of rotatable bonds is 2. The van der Waals surface area contributed by atoms with Crippen LogP contribution in [0.15, 0.2) is 16.9 Å². The van der Waals surface area contributed by atoms with Gasteiger partial charge in [0.05, 0.1) is 29.1 Å². The van der Waals surface area contributed by atoms with Crippen molar-refractivity contribution in [3.8, 4) is 0 Å². The van der Waals surface area contributed by atoms with Crippen LogP contribution in [0.5, 0.6) is 0 Å². The largest absolute Gasteiger partial charge is 0.416 e. The first-order valence-electron chi connectivity index (χ1n) is 8.92. The maximum Gasteiger partial charge on any atom is 0.416 e. The van der Waals surface area contributed by atoms with Crippen molar-refractivity contribution < 1.29 is 27.6 Å². The van der Waals surface area contributed by atoms with Gasteiger partial charge in [-0.3, -0.25) is 14.9 Å². The molecule has 0 bridgehead atoms. The van der Waals surface area contributed by atoms with Crippen LogP contribution in [0.1, 0.15) is 24.8 Å². The summed E-state index contributed by atoms with van der Waals surface area (Å²) in [7, 11) is 0. The van der Waals surface area contributed by atoms with Gasteiger partial charge in [-0.15, -0.1) is 0 Å². The van der Waals surface area contributed by atoms with E-state index >= 15 is 0 Å². The summed E-state index contributed by atoms with van der Waals surface area (Å²) in [6, 6.07) is 1.07. The molecule has 2 saturated heterocycles. The van der Waals surface area contributed by atoms with Crippen LogP contribution in [0, 0.1) is 10.1 Å². The number of hydrogen-bond acceptors (Lipinski definition) is 8. The zero-order chi connectivity index (χ0) is 20.8. The van der Waals surface area contributed by atoms with Crippen LogP contribution in [0.25, 0.3) is 10.1 Å². The summed E-state index contributed by atoms with van der Waals surface area (Å²) in [5.74, 6) is -0.663. The molecule has 0 aliphatic carbocycles. The highest BCUT2D eigenvalue weighted by Crippen LogP contribution is 2.39. The van der Waals surface area contributed by atoms with E-state index in [2.05, 4.69) is 4.98 Å². The highest BCUT2D eigenvalue weighted by molar-refractivity contribution is 7.22. The fourth-order valence-corrected chi connectivity index (χ4v) is 4.64. The summed E-state index contributed by atoms with van der Waals surface area (Å²) >= 11 is 0.841. The van der Waals surface area contributed by atoms with Crippen LogP contribution in [-0.4, -0.2) is 42.0 Å². The number of aromatic nitrogens is 1. The molecule has 2 aliphatic rings. The van der Waals surface area contributed by atoms with E-state index in [0.717, 1.165) is 17.8 Å². The maximum absolute atomic E-state index is 13.1. The molecule has 0 amide bonds. The number of hydrogen-bond donors (Lipinski definition) is 0. The van der Waals surface area contributed by atoms with Gasteiger partial charge >= 0.3 is 6.18 Å². The van der Waals surface area contributed by atoms with E-state index in [9.17, 15) is 28.1 Å². The van der Waals surface area contributed by atoms with Gasteiger partial charge in [0, 0.05) is 32.0 Å². The lowest BCUT2D eigenvalue weighted by molar-refractivity contribution is -0.383. The van der Waals surface area contributed by atoms with Crippen LogP contribution in [0.2, 0.25) is 0 Å². The second-order valence-electron chi connectivity index (χ2n) is 6.88. The van der Waals surface area contributed by atoms with E-state index < -0.39 is 39.1 Å². The van der Waals surface area contributed by atoms with Crippen molar-refractivity contribution in [3.63, 3.8) is 0 Å². The third kappa shape index (κ3) is 3.79. The molecule has 156 valence electrons. The van der Waals surface area contributed by atoms with Crippen LogP contribution in [0.3, 0.4) is 0 Å². The van der Waals surface area contributed by atoms with Gasteiger partial charge in [0.15, 0.2) is 10.9 Å². The van der Waals surface area contributed by atoms with Crippen LogP contribution in [-0.2, 0) is 15.7 Å². The summed E-state index contributed by atoms with van der Waals surface area (Å²) in [5.41, 5.74) is -2.93. The number of nitro benzene ring substituents is 1. The fourth-order valence-electron chi connectivity index (χ4n) is 3.52. The fraction of sp³-hybridized carbons (Fsp3) is 0.529. The van der Waals surface area contributed by atoms with Crippen molar-refractivity contribution in [1.29, 1.82) is 0 Å². The molecule has 4 rings (SSSR count). The molecule has 12 heteroatoms. The number of halogens is 3. The van der Waals surface area contributed by atoms with Gasteiger partial charge in [-0.1, -0.05) is 11.3 Å². The monoisotopic (exact) mass is 431 g/mol. The van der Waals surface area contributed by atoms with Gasteiger partial charge in [0.25, 0.3) is 11.2 Å². The average molecular weight is 431 g/mol. The minimum Gasteiger partial charge on any atom is -0.350 e. The van der Waals surface area contributed by atoms with E-state index in [1.54, 1.807) is 4.90 Å². The minimum absolute atomic E-state index is 0.122.